The standard InChI is InChI=1S/C39H48N2O16S4/c1-38(2)29-21-25(60(52,53)54)12-14-31(29)40(17-7-4-5-11-35(42)43)33(38)23-27-36(44)28(37(27)45)24-34-39(3,16-6-9-19-58(46,47)48)30-22-26(61(55,56)57)13-15-32(30)41(34)18-8-10-20-59(49,50)51/h12-15,21-24H,4-11,16-20H2,1-3H3,(H5-,42,43,44,45,46,47,48,49,50,51,52,53,54,55,56,57). The van der Waals surface area contributed by atoms with Gasteiger partial charge in [0.25, 0.3) is 40.5 Å². The maximum Gasteiger partial charge on any atom is 0.303 e. The summed E-state index contributed by atoms with van der Waals surface area (Å²) in [6, 6.07) is 7.81. The Balaban J connectivity index is 1.63. The number of rotatable bonds is 20. The quantitative estimate of drug-likeness (QED) is 0.0547. The Labute approximate surface area is 355 Å². The summed E-state index contributed by atoms with van der Waals surface area (Å²) in [6.45, 7) is 5.53. The van der Waals surface area contributed by atoms with Crippen LogP contribution in [-0.2, 0) is 60.9 Å². The smallest absolute Gasteiger partial charge is 0.303 e. The van der Waals surface area contributed by atoms with E-state index in [2.05, 4.69) is 0 Å². The van der Waals surface area contributed by atoms with E-state index in [9.17, 15) is 66.6 Å². The van der Waals surface area contributed by atoms with Crippen molar-refractivity contribution in [1.29, 1.82) is 0 Å². The fraction of sp³-hybridized carbons (Fsp3) is 0.462. The summed E-state index contributed by atoms with van der Waals surface area (Å²) >= 11 is 0. The number of carboxylic acid groups (broad SMARTS) is 1. The molecule has 2 aromatic rings. The molecule has 61 heavy (non-hydrogen) atoms. The predicted molar refractivity (Wildman–Crippen MR) is 220 cm³/mol. The maximum atomic E-state index is 14.1. The van der Waals surface area contributed by atoms with Crippen molar-refractivity contribution in [3.8, 4) is 0 Å². The number of carboxylic acids is 1. The lowest BCUT2D eigenvalue weighted by atomic mass is 9.75. The largest absolute Gasteiger partial charge is 0.871 e. The molecule has 1 aliphatic carbocycles. The molecule has 5 rings (SSSR count). The molecule has 0 fully saturated rings. The van der Waals surface area contributed by atoms with E-state index >= 15 is 0 Å². The molecule has 3 aliphatic rings. The predicted octanol–water partition coefficient (Wildman–Crippen LogP) is 3.71. The molecule has 18 nitrogen and oxygen atoms in total. The van der Waals surface area contributed by atoms with Crippen molar-refractivity contribution < 1.29 is 76.3 Å². The number of unbranched alkanes of at least 4 members (excludes halogenated alkanes) is 4. The van der Waals surface area contributed by atoms with Crippen LogP contribution in [0.25, 0.3) is 0 Å². The van der Waals surface area contributed by atoms with Gasteiger partial charge in [0, 0.05) is 65.0 Å². The van der Waals surface area contributed by atoms with E-state index in [-0.39, 0.29) is 61.1 Å². The topological polar surface area (TPSA) is 301 Å². The average molecular weight is 929 g/mol. The van der Waals surface area contributed by atoms with Crippen molar-refractivity contribution in [2.24, 2.45) is 0 Å². The summed E-state index contributed by atoms with van der Waals surface area (Å²) in [6.07, 6.45) is 4.46. The molecule has 2 heterocycles. The van der Waals surface area contributed by atoms with Gasteiger partial charge in [-0.1, -0.05) is 12.2 Å². The van der Waals surface area contributed by atoms with E-state index in [1.165, 1.54) is 42.5 Å². The minimum Gasteiger partial charge on any atom is -0.871 e. The van der Waals surface area contributed by atoms with Gasteiger partial charge < -0.3 is 15.1 Å². The van der Waals surface area contributed by atoms with Crippen LogP contribution in [0.2, 0.25) is 0 Å². The molecule has 22 heteroatoms. The number of anilines is 1. The molecule has 0 amide bonds. The van der Waals surface area contributed by atoms with Gasteiger partial charge in [-0.3, -0.25) is 27.8 Å². The van der Waals surface area contributed by atoms with Gasteiger partial charge in [0.1, 0.15) is 6.54 Å². The number of carbonyl (C=O) groups is 2. The van der Waals surface area contributed by atoms with Gasteiger partial charge in [-0.15, -0.1) is 0 Å². The highest BCUT2D eigenvalue weighted by atomic mass is 32.2. The Kier molecular flexibility index (Phi) is 13.7. The number of nitrogens with zero attached hydrogens (tertiary/aromatic N) is 2. The normalized spacial score (nSPS) is 20.4. The molecular formula is C39H48N2O16S4. The van der Waals surface area contributed by atoms with Gasteiger partial charge in [-0.25, -0.2) is 0 Å². The Bertz CT molecular complexity index is 2730. The van der Waals surface area contributed by atoms with E-state index in [1.54, 1.807) is 25.7 Å². The summed E-state index contributed by atoms with van der Waals surface area (Å²) < 4.78 is 135. The van der Waals surface area contributed by atoms with Crippen molar-refractivity contribution in [1.82, 2.24) is 0 Å². The van der Waals surface area contributed by atoms with Crippen LogP contribution in [0.1, 0.15) is 89.7 Å². The number of aliphatic carboxylic acids is 1. The number of hydrogen-bond donors (Lipinski definition) is 5. The first-order chi connectivity index (χ1) is 28.1. The molecule has 0 bridgehead atoms. The van der Waals surface area contributed by atoms with Crippen LogP contribution < -0.4 is 10.0 Å². The Morgan fingerprint density at radius 3 is 1.89 bits per heavy atom. The lowest BCUT2D eigenvalue weighted by Crippen LogP contribution is -2.35. The fourth-order valence-corrected chi connectivity index (χ4v) is 10.3. The van der Waals surface area contributed by atoms with Gasteiger partial charge in [0.15, 0.2) is 11.5 Å². The minimum atomic E-state index is -4.74. The first kappa shape index (κ1) is 47.8. The highest BCUT2D eigenvalue weighted by Crippen LogP contribution is 2.52. The molecule has 0 radical (unpaired) electrons. The number of ketones is 1. The summed E-state index contributed by atoms with van der Waals surface area (Å²) in [4.78, 5) is 26.0. The number of hydrogen-bond acceptors (Lipinski definition) is 12. The van der Waals surface area contributed by atoms with E-state index in [0.29, 0.717) is 59.7 Å². The first-order valence-corrected chi connectivity index (χ1v) is 25.3. The van der Waals surface area contributed by atoms with Gasteiger partial charge >= 0.3 is 5.97 Å². The molecule has 334 valence electrons. The number of Topliss-reactive ketones (excluding diaryl/α,β-unsaturated/α-hetero) is 1. The summed E-state index contributed by atoms with van der Waals surface area (Å²) in [5, 5.41) is 23.2. The minimum absolute atomic E-state index is 0.00792. The van der Waals surface area contributed by atoms with Gasteiger partial charge in [0.2, 0.25) is 5.69 Å². The Morgan fingerprint density at radius 2 is 1.33 bits per heavy atom. The second-order valence-corrected chi connectivity index (χ2v) is 22.0. The van der Waals surface area contributed by atoms with E-state index in [0.717, 1.165) is 6.07 Å². The van der Waals surface area contributed by atoms with Crippen LogP contribution >= 0.6 is 0 Å². The lowest BCUT2D eigenvalue weighted by molar-refractivity contribution is -0.438. The maximum absolute atomic E-state index is 14.1. The summed E-state index contributed by atoms with van der Waals surface area (Å²) in [5.74, 6) is -3.46. The van der Waals surface area contributed by atoms with Gasteiger partial charge in [-0.2, -0.15) is 38.2 Å². The second kappa shape index (κ2) is 17.5. The SMILES string of the molecule is CC1(C)C(/C=C2\C(=O)C(/C=C3\N(CCCCS(=O)(=O)O)c4ccc(S(=O)(=O)O)cc4C3(C)CCCCS(=O)(=O)O)=C2[O-])=[N+](CCCCCC(=O)O)c2ccc(S(=O)(=O)O)cc21. The molecule has 5 N–H and O–H groups in total. The van der Waals surface area contributed by atoms with Crippen molar-refractivity contribution in [2.45, 2.75) is 99.2 Å². The van der Waals surface area contributed by atoms with Crippen LogP contribution in [0.15, 0.2) is 80.9 Å². The zero-order valence-electron chi connectivity index (χ0n) is 33.6. The van der Waals surface area contributed by atoms with Crippen molar-refractivity contribution in [2.75, 3.05) is 29.5 Å². The first-order valence-electron chi connectivity index (χ1n) is 19.2. The molecule has 2 aliphatic heterocycles. The number of benzene rings is 2. The average Bonchev–Trinajstić information content (AvgIpc) is 3.49. The monoisotopic (exact) mass is 928 g/mol. The number of fused-ring (bicyclic) bond motifs is 2. The third-order valence-electron chi connectivity index (χ3n) is 11.3. The third kappa shape index (κ3) is 10.7. The van der Waals surface area contributed by atoms with Crippen LogP contribution in [0.4, 0.5) is 11.4 Å². The molecule has 1 unspecified atom stereocenters. The summed E-state index contributed by atoms with van der Waals surface area (Å²) in [7, 11) is -18.0. The second-order valence-electron chi connectivity index (χ2n) is 16.1. The molecule has 1 atom stereocenters. The zero-order valence-corrected chi connectivity index (χ0v) is 36.8. The highest BCUT2D eigenvalue weighted by Gasteiger charge is 2.48. The van der Waals surface area contributed by atoms with Crippen molar-refractivity contribution in [3.05, 3.63) is 82.3 Å². The van der Waals surface area contributed by atoms with Gasteiger partial charge in [-0.05, 0) is 101 Å². The molecule has 0 saturated carbocycles. The van der Waals surface area contributed by atoms with E-state index < -0.39 is 85.2 Å². The molecule has 0 saturated heterocycles. The Morgan fingerprint density at radius 1 is 0.754 bits per heavy atom. The van der Waals surface area contributed by atoms with Crippen molar-refractivity contribution in [3.63, 3.8) is 0 Å². The van der Waals surface area contributed by atoms with E-state index in [4.69, 9.17) is 5.11 Å². The Hall–Kier alpha value is -4.29. The number of allylic oxidation sites excluding steroid dienone is 5. The van der Waals surface area contributed by atoms with Crippen LogP contribution in [0.3, 0.4) is 0 Å². The molecule has 2 aromatic carbocycles. The van der Waals surface area contributed by atoms with Crippen molar-refractivity contribution >= 4 is 69.3 Å². The third-order valence-corrected chi connectivity index (χ3v) is 14.7. The zero-order chi connectivity index (χ0) is 45.5. The van der Waals surface area contributed by atoms with Crippen LogP contribution in [0, 0.1) is 0 Å². The lowest BCUT2D eigenvalue weighted by Gasteiger charge is -2.34. The van der Waals surface area contributed by atoms with Crippen LogP contribution in [-0.4, -0.2) is 104 Å². The summed E-state index contributed by atoms with van der Waals surface area (Å²) in [5.41, 5.74) is -0.251. The number of carbonyl (C=O) groups excluding carboxylic acids is 1. The van der Waals surface area contributed by atoms with Gasteiger partial charge in [0.05, 0.1) is 26.7 Å². The fourth-order valence-electron chi connectivity index (χ4n) is 8.19. The molecule has 0 spiro atoms. The highest BCUT2D eigenvalue weighted by molar-refractivity contribution is 7.86. The van der Waals surface area contributed by atoms with E-state index in [1.807, 2.05) is 4.58 Å². The molecule has 0 aromatic heterocycles. The molecular weight excluding hydrogens is 881 g/mol. The van der Waals surface area contributed by atoms with Crippen LogP contribution in [0.5, 0.6) is 0 Å².